The molecule has 25 heavy (non-hydrogen) atoms. The average Bonchev–Trinajstić information content (AvgIpc) is 2.62. The summed E-state index contributed by atoms with van der Waals surface area (Å²) in [4.78, 5) is 23.9. The maximum absolute atomic E-state index is 12.1. The molecule has 0 heterocycles. The lowest BCUT2D eigenvalue weighted by Crippen LogP contribution is -2.21. The standard InChI is InChI=1S/C19H22N2O4/c1-3-6-18(22)20-16-7-4-5-8-17(16)21-19(23)13-25-15-11-9-14(24-2)10-12-15/h4-5,7-12H,3,6,13H2,1-2H3,(H,20,22)(H,21,23). The number of benzene rings is 2. The summed E-state index contributed by atoms with van der Waals surface area (Å²) in [6, 6.07) is 14.0. The van der Waals surface area contributed by atoms with Crippen LogP contribution in [0, 0.1) is 0 Å². The van der Waals surface area contributed by atoms with Crippen LogP contribution in [-0.2, 0) is 9.59 Å². The molecule has 0 radical (unpaired) electrons. The molecule has 6 heteroatoms. The number of para-hydroxylation sites is 2. The molecule has 0 atom stereocenters. The second-order valence-corrected chi connectivity index (χ2v) is 5.36. The van der Waals surface area contributed by atoms with Gasteiger partial charge in [-0.2, -0.15) is 0 Å². The van der Waals surface area contributed by atoms with Gasteiger partial charge in [-0.1, -0.05) is 19.1 Å². The van der Waals surface area contributed by atoms with Crippen molar-refractivity contribution in [1.29, 1.82) is 0 Å². The van der Waals surface area contributed by atoms with Crippen LogP contribution in [0.5, 0.6) is 11.5 Å². The first-order chi connectivity index (χ1) is 12.1. The first-order valence-electron chi connectivity index (χ1n) is 8.08. The summed E-state index contributed by atoms with van der Waals surface area (Å²) >= 11 is 0. The summed E-state index contributed by atoms with van der Waals surface area (Å²) < 4.78 is 10.5. The van der Waals surface area contributed by atoms with Crippen molar-refractivity contribution in [3.8, 4) is 11.5 Å². The highest BCUT2D eigenvalue weighted by atomic mass is 16.5. The third kappa shape index (κ3) is 5.84. The van der Waals surface area contributed by atoms with Crippen LogP contribution in [0.2, 0.25) is 0 Å². The Morgan fingerprint density at radius 3 is 2.00 bits per heavy atom. The van der Waals surface area contributed by atoms with Crippen LogP contribution in [0.25, 0.3) is 0 Å². The van der Waals surface area contributed by atoms with Crippen molar-refractivity contribution in [1.82, 2.24) is 0 Å². The number of rotatable bonds is 8. The summed E-state index contributed by atoms with van der Waals surface area (Å²) in [7, 11) is 1.58. The Balaban J connectivity index is 1.92. The molecule has 0 aromatic heterocycles. The smallest absolute Gasteiger partial charge is 0.262 e. The highest BCUT2D eigenvalue weighted by molar-refractivity contribution is 5.99. The molecule has 0 aliphatic heterocycles. The number of methoxy groups -OCH3 is 1. The van der Waals surface area contributed by atoms with Gasteiger partial charge in [0.1, 0.15) is 11.5 Å². The molecule has 2 rings (SSSR count). The van der Waals surface area contributed by atoms with Gasteiger partial charge in [0.15, 0.2) is 6.61 Å². The lowest BCUT2D eigenvalue weighted by atomic mass is 10.2. The van der Waals surface area contributed by atoms with Gasteiger partial charge in [0.05, 0.1) is 18.5 Å². The first-order valence-corrected chi connectivity index (χ1v) is 8.08. The Hall–Kier alpha value is -3.02. The maximum Gasteiger partial charge on any atom is 0.262 e. The molecule has 0 spiro atoms. The molecule has 0 saturated carbocycles. The third-order valence-electron chi connectivity index (χ3n) is 3.38. The molecular formula is C19H22N2O4. The fraction of sp³-hybridized carbons (Fsp3) is 0.263. The van der Waals surface area contributed by atoms with Crippen LogP contribution >= 0.6 is 0 Å². The fourth-order valence-electron chi connectivity index (χ4n) is 2.15. The molecule has 0 fully saturated rings. The molecule has 2 aromatic carbocycles. The summed E-state index contributed by atoms with van der Waals surface area (Å²) in [5.74, 6) is 0.890. The highest BCUT2D eigenvalue weighted by Gasteiger charge is 2.09. The lowest BCUT2D eigenvalue weighted by molar-refractivity contribution is -0.118. The predicted molar refractivity (Wildman–Crippen MR) is 97.1 cm³/mol. The van der Waals surface area contributed by atoms with E-state index in [1.807, 2.05) is 6.92 Å². The second-order valence-electron chi connectivity index (χ2n) is 5.36. The number of nitrogens with one attached hydrogen (secondary N) is 2. The number of carbonyl (C=O) groups is 2. The van der Waals surface area contributed by atoms with Crippen molar-refractivity contribution in [2.75, 3.05) is 24.4 Å². The third-order valence-corrected chi connectivity index (χ3v) is 3.38. The molecule has 0 bridgehead atoms. The number of anilines is 2. The van der Waals surface area contributed by atoms with Crippen LogP contribution in [0.15, 0.2) is 48.5 Å². The van der Waals surface area contributed by atoms with Crippen molar-refractivity contribution in [2.45, 2.75) is 19.8 Å². The van der Waals surface area contributed by atoms with Crippen LogP contribution < -0.4 is 20.1 Å². The molecule has 2 aromatic rings. The van der Waals surface area contributed by atoms with Crippen LogP contribution in [0.3, 0.4) is 0 Å². The van der Waals surface area contributed by atoms with Crippen molar-refractivity contribution in [3.05, 3.63) is 48.5 Å². The topological polar surface area (TPSA) is 76.7 Å². The summed E-state index contributed by atoms with van der Waals surface area (Å²) in [5.41, 5.74) is 1.11. The SMILES string of the molecule is CCCC(=O)Nc1ccccc1NC(=O)COc1ccc(OC)cc1. The average molecular weight is 342 g/mol. The quantitative estimate of drug-likeness (QED) is 0.770. The van der Waals surface area contributed by atoms with Gasteiger partial charge in [0.25, 0.3) is 5.91 Å². The van der Waals surface area contributed by atoms with Gasteiger partial charge in [-0.3, -0.25) is 9.59 Å². The summed E-state index contributed by atoms with van der Waals surface area (Å²) in [6.07, 6.45) is 1.19. The molecular weight excluding hydrogens is 320 g/mol. The minimum absolute atomic E-state index is 0.0846. The van der Waals surface area contributed by atoms with Gasteiger partial charge in [-0.05, 0) is 42.8 Å². The Morgan fingerprint density at radius 1 is 0.880 bits per heavy atom. The van der Waals surface area contributed by atoms with E-state index in [2.05, 4.69) is 10.6 Å². The Morgan fingerprint density at radius 2 is 1.44 bits per heavy atom. The minimum Gasteiger partial charge on any atom is -0.497 e. The van der Waals surface area contributed by atoms with Gasteiger partial charge in [-0.25, -0.2) is 0 Å². The number of carbonyl (C=O) groups excluding carboxylic acids is 2. The zero-order chi connectivity index (χ0) is 18.1. The number of hydrogen-bond donors (Lipinski definition) is 2. The molecule has 6 nitrogen and oxygen atoms in total. The van der Waals surface area contributed by atoms with E-state index >= 15 is 0 Å². The van der Waals surface area contributed by atoms with E-state index in [0.717, 1.165) is 6.42 Å². The van der Waals surface area contributed by atoms with E-state index < -0.39 is 0 Å². The monoisotopic (exact) mass is 342 g/mol. The van der Waals surface area contributed by atoms with E-state index in [0.29, 0.717) is 29.3 Å². The number of ether oxygens (including phenoxy) is 2. The summed E-state index contributed by atoms with van der Waals surface area (Å²) in [5, 5.41) is 5.54. The molecule has 2 amide bonds. The number of hydrogen-bond acceptors (Lipinski definition) is 4. The molecule has 2 N–H and O–H groups in total. The molecule has 0 aliphatic carbocycles. The van der Waals surface area contributed by atoms with Gasteiger partial charge in [-0.15, -0.1) is 0 Å². The fourth-order valence-corrected chi connectivity index (χ4v) is 2.15. The molecule has 0 unspecified atom stereocenters. The molecule has 132 valence electrons. The van der Waals surface area contributed by atoms with Gasteiger partial charge >= 0.3 is 0 Å². The van der Waals surface area contributed by atoms with Gasteiger partial charge in [0.2, 0.25) is 5.91 Å². The molecule has 0 saturated heterocycles. The highest BCUT2D eigenvalue weighted by Crippen LogP contribution is 2.21. The normalized spacial score (nSPS) is 10.0. The predicted octanol–water partition coefficient (Wildman–Crippen LogP) is 3.45. The first kappa shape index (κ1) is 18.3. The van der Waals surface area contributed by atoms with Crippen molar-refractivity contribution >= 4 is 23.2 Å². The van der Waals surface area contributed by atoms with Gasteiger partial charge < -0.3 is 20.1 Å². The zero-order valence-corrected chi connectivity index (χ0v) is 14.4. The van der Waals surface area contributed by atoms with E-state index in [1.54, 1.807) is 55.6 Å². The van der Waals surface area contributed by atoms with Crippen LogP contribution in [-0.4, -0.2) is 25.5 Å². The Bertz CT molecular complexity index is 714. The number of amides is 2. The van der Waals surface area contributed by atoms with Crippen molar-refractivity contribution in [3.63, 3.8) is 0 Å². The Labute approximate surface area is 147 Å². The maximum atomic E-state index is 12.1. The van der Waals surface area contributed by atoms with E-state index in [1.165, 1.54) is 0 Å². The van der Waals surface area contributed by atoms with E-state index in [4.69, 9.17) is 9.47 Å². The van der Waals surface area contributed by atoms with Crippen molar-refractivity contribution < 1.29 is 19.1 Å². The Kier molecular flexibility index (Phi) is 6.83. The van der Waals surface area contributed by atoms with E-state index in [-0.39, 0.29) is 18.4 Å². The van der Waals surface area contributed by atoms with Crippen LogP contribution in [0.1, 0.15) is 19.8 Å². The van der Waals surface area contributed by atoms with Crippen molar-refractivity contribution in [2.24, 2.45) is 0 Å². The van der Waals surface area contributed by atoms with Gasteiger partial charge in [0, 0.05) is 6.42 Å². The molecule has 0 aliphatic rings. The second kappa shape index (κ2) is 9.32. The lowest BCUT2D eigenvalue weighted by Gasteiger charge is -2.12. The van der Waals surface area contributed by atoms with Crippen LogP contribution in [0.4, 0.5) is 11.4 Å². The van der Waals surface area contributed by atoms with E-state index in [9.17, 15) is 9.59 Å². The zero-order valence-electron chi connectivity index (χ0n) is 14.4. The minimum atomic E-state index is -0.312. The largest absolute Gasteiger partial charge is 0.497 e. The summed E-state index contributed by atoms with van der Waals surface area (Å²) in [6.45, 7) is 1.80.